The second-order valence-electron chi connectivity index (χ2n) is 6.88. The van der Waals surface area contributed by atoms with Crippen LogP contribution < -0.4 is 5.32 Å². The van der Waals surface area contributed by atoms with Crippen LogP contribution in [-0.2, 0) is 14.3 Å². The van der Waals surface area contributed by atoms with Crippen LogP contribution >= 0.6 is 23.2 Å². The number of dihydropyridines is 1. The van der Waals surface area contributed by atoms with Gasteiger partial charge in [-0.2, -0.15) is 0 Å². The number of ether oxygens (including phenoxy) is 2. The zero-order valence-electron chi connectivity index (χ0n) is 15.4. The molecular formula is C20H21Cl2NO4. The Bertz CT molecular complexity index is 858. The number of Topliss-reactive ketones (excluding diaryl/α,β-unsaturated/α-hetero) is 1. The monoisotopic (exact) mass is 409 g/mol. The Hall–Kier alpha value is -1.98. The Labute approximate surface area is 168 Å². The number of carbonyl (C=O) groups excluding carboxylic acids is 2. The molecule has 27 heavy (non-hydrogen) atoms. The van der Waals surface area contributed by atoms with E-state index in [9.17, 15) is 9.59 Å². The van der Waals surface area contributed by atoms with Gasteiger partial charge in [-0.05, 0) is 45.2 Å². The SMILES string of the molecule is CC1=C(OC(=O)OC(C)C)C(c2cccc(Cl)c2Cl)C2=C(CCCC2=O)N1. The molecule has 3 rings (SSSR count). The highest BCUT2D eigenvalue weighted by Crippen LogP contribution is 2.45. The first-order valence-corrected chi connectivity index (χ1v) is 9.61. The first-order chi connectivity index (χ1) is 12.8. The summed E-state index contributed by atoms with van der Waals surface area (Å²) in [6.45, 7) is 5.27. The summed E-state index contributed by atoms with van der Waals surface area (Å²) in [7, 11) is 0. The lowest BCUT2D eigenvalue weighted by Gasteiger charge is -2.34. The molecular weight excluding hydrogens is 389 g/mol. The second kappa shape index (κ2) is 7.95. The Kier molecular flexibility index (Phi) is 5.82. The first kappa shape index (κ1) is 19.8. The molecule has 144 valence electrons. The summed E-state index contributed by atoms with van der Waals surface area (Å²) in [4.78, 5) is 24.9. The number of allylic oxidation sites excluding steroid dienone is 3. The van der Waals surface area contributed by atoms with Crippen LogP contribution in [0.3, 0.4) is 0 Å². The normalized spacial score (nSPS) is 19.8. The van der Waals surface area contributed by atoms with E-state index in [1.54, 1.807) is 39.0 Å². The van der Waals surface area contributed by atoms with Crippen molar-refractivity contribution in [1.82, 2.24) is 5.32 Å². The molecule has 5 nitrogen and oxygen atoms in total. The predicted molar refractivity (Wildman–Crippen MR) is 104 cm³/mol. The number of hydrogen-bond acceptors (Lipinski definition) is 5. The van der Waals surface area contributed by atoms with E-state index in [2.05, 4.69) is 5.32 Å². The van der Waals surface area contributed by atoms with Crippen molar-refractivity contribution >= 4 is 35.1 Å². The van der Waals surface area contributed by atoms with Crippen molar-refractivity contribution in [3.8, 4) is 0 Å². The minimum Gasteiger partial charge on any atom is -0.431 e. The third-order valence-electron chi connectivity index (χ3n) is 4.53. The van der Waals surface area contributed by atoms with Gasteiger partial charge in [0.1, 0.15) is 5.76 Å². The van der Waals surface area contributed by atoms with Gasteiger partial charge in [0.15, 0.2) is 5.78 Å². The van der Waals surface area contributed by atoms with Gasteiger partial charge in [0.2, 0.25) is 0 Å². The highest BCUT2D eigenvalue weighted by molar-refractivity contribution is 6.42. The number of ketones is 1. The third-order valence-corrected chi connectivity index (χ3v) is 5.37. The zero-order chi connectivity index (χ0) is 19.7. The van der Waals surface area contributed by atoms with Gasteiger partial charge in [-0.25, -0.2) is 4.79 Å². The average molecular weight is 410 g/mol. The predicted octanol–water partition coefficient (Wildman–Crippen LogP) is 5.48. The summed E-state index contributed by atoms with van der Waals surface area (Å²) in [5.74, 6) is -0.297. The Morgan fingerprint density at radius 2 is 2.00 bits per heavy atom. The standard InChI is InChI=1S/C20H21Cl2NO4/c1-10(2)26-20(25)27-19-11(3)23-14-8-5-9-15(24)17(14)16(19)12-6-4-7-13(21)18(12)22/h4,6-7,10,16,23H,5,8-9H2,1-3H3. The lowest BCUT2D eigenvalue weighted by Crippen LogP contribution is -2.33. The maximum atomic E-state index is 12.8. The van der Waals surface area contributed by atoms with E-state index in [0.717, 1.165) is 18.5 Å². The Balaban J connectivity index is 2.11. The minimum absolute atomic E-state index is 0.00983. The van der Waals surface area contributed by atoms with Gasteiger partial charge in [-0.3, -0.25) is 4.79 Å². The molecule has 0 saturated heterocycles. The van der Waals surface area contributed by atoms with Crippen LogP contribution in [0.25, 0.3) is 0 Å². The molecule has 0 radical (unpaired) electrons. The zero-order valence-corrected chi connectivity index (χ0v) is 16.9. The third kappa shape index (κ3) is 3.99. The molecule has 2 aliphatic rings. The number of benzene rings is 1. The summed E-state index contributed by atoms with van der Waals surface area (Å²) >= 11 is 12.7. The highest BCUT2D eigenvalue weighted by atomic mass is 35.5. The molecule has 1 unspecified atom stereocenters. The highest BCUT2D eigenvalue weighted by Gasteiger charge is 2.39. The van der Waals surface area contributed by atoms with Crippen LogP contribution in [0.1, 0.15) is 51.5 Å². The molecule has 1 atom stereocenters. The van der Waals surface area contributed by atoms with Crippen LogP contribution in [0.2, 0.25) is 10.0 Å². The van der Waals surface area contributed by atoms with E-state index in [-0.39, 0.29) is 11.9 Å². The lowest BCUT2D eigenvalue weighted by atomic mass is 9.78. The van der Waals surface area contributed by atoms with Crippen molar-refractivity contribution in [2.75, 3.05) is 0 Å². The van der Waals surface area contributed by atoms with Crippen LogP contribution in [0.4, 0.5) is 4.79 Å². The fraction of sp³-hybridized carbons (Fsp3) is 0.400. The summed E-state index contributed by atoms with van der Waals surface area (Å²) in [5.41, 5.74) is 2.68. The molecule has 1 N–H and O–H groups in total. The molecule has 0 spiro atoms. The van der Waals surface area contributed by atoms with Crippen molar-refractivity contribution in [2.24, 2.45) is 0 Å². The number of carbonyl (C=O) groups is 2. The van der Waals surface area contributed by atoms with Crippen LogP contribution in [0, 0.1) is 0 Å². The van der Waals surface area contributed by atoms with E-state index >= 15 is 0 Å². The van der Waals surface area contributed by atoms with Gasteiger partial charge in [0, 0.05) is 17.7 Å². The van der Waals surface area contributed by atoms with Crippen LogP contribution in [-0.4, -0.2) is 18.0 Å². The quantitative estimate of drug-likeness (QED) is 0.669. The summed E-state index contributed by atoms with van der Waals surface area (Å²) in [6, 6.07) is 5.23. The molecule has 0 bridgehead atoms. The summed E-state index contributed by atoms with van der Waals surface area (Å²) < 4.78 is 10.7. The molecule has 0 aromatic heterocycles. The smallest absolute Gasteiger partial charge is 0.431 e. The molecule has 1 aromatic rings. The number of halogens is 2. The fourth-order valence-corrected chi connectivity index (χ4v) is 3.86. The lowest BCUT2D eigenvalue weighted by molar-refractivity contribution is -0.116. The van der Waals surface area contributed by atoms with E-state index < -0.39 is 12.1 Å². The maximum absolute atomic E-state index is 12.8. The van der Waals surface area contributed by atoms with Gasteiger partial charge in [0.25, 0.3) is 0 Å². The molecule has 0 saturated carbocycles. The Morgan fingerprint density at radius 3 is 2.70 bits per heavy atom. The number of nitrogens with one attached hydrogen (secondary N) is 1. The molecule has 7 heteroatoms. The second-order valence-corrected chi connectivity index (χ2v) is 7.66. The van der Waals surface area contributed by atoms with Gasteiger partial charge in [-0.15, -0.1) is 0 Å². The maximum Gasteiger partial charge on any atom is 0.513 e. The largest absolute Gasteiger partial charge is 0.513 e. The van der Waals surface area contributed by atoms with Crippen molar-refractivity contribution in [1.29, 1.82) is 0 Å². The van der Waals surface area contributed by atoms with Crippen LogP contribution in [0.5, 0.6) is 0 Å². The topological polar surface area (TPSA) is 64.6 Å². The average Bonchev–Trinajstić information content (AvgIpc) is 2.58. The Morgan fingerprint density at radius 1 is 1.26 bits per heavy atom. The first-order valence-electron chi connectivity index (χ1n) is 8.86. The van der Waals surface area contributed by atoms with Gasteiger partial charge < -0.3 is 14.8 Å². The molecule has 1 aliphatic heterocycles. The van der Waals surface area contributed by atoms with Crippen molar-refractivity contribution in [3.63, 3.8) is 0 Å². The van der Waals surface area contributed by atoms with Crippen molar-refractivity contribution < 1.29 is 19.1 Å². The van der Waals surface area contributed by atoms with Gasteiger partial charge in [-0.1, -0.05) is 35.3 Å². The molecule has 1 aromatic carbocycles. The van der Waals surface area contributed by atoms with E-state index in [1.165, 1.54) is 0 Å². The van der Waals surface area contributed by atoms with Gasteiger partial charge >= 0.3 is 6.16 Å². The van der Waals surface area contributed by atoms with E-state index in [1.807, 2.05) is 0 Å². The number of rotatable bonds is 3. The number of hydrogen-bond donors (Lipinski definition) is 1. The summed E-state index contributed by atoms with van der Waals surface area (Å²) in [5, 5.41) is 3.93. The minimum atomic E-state index is -0.823. The molecule has 1 aliphatic carbocycles. The van der Waals surface area contributed by atoms with Crippen molar-refractivity contribution in [2.45, 2.75) is 52.1 Å². The summed E-state index contributed by atoms with van der Waals surface area (Å²) in [6.07, 6.45) is 0.819. The van der Waals surface area contributed by atoms with E-state index in [0.29, 0.717) is 39.1 Å². The molecule has 1 heterocycles. The molecule has 0 amide bonds. The van der Waals surface area contributed by atoms with Gasteiger partial charge in [0.05, 0.1) is 27.8 Å². The van der Waals surface area contributed by atoms with Crippen LogP contribution in [0.15, 0.2) is 40.9 Å². The fourth-order valence-electron chi connectivity index (χ4n) is 3.45. The van der Waals surface area contributed by atoms with E-state index in [4.69, 9.17) is 32.7 Å². The van der Waals surface area contributed by atoms with Crippen molar-refractivity contribution in [3.05, 3.63) is 56.5 Å². The molecule has 0 fully saturated rings.